The number of nitrogens with zero attached hydrogens (tertiary/aromatic N) is 2. The van der Waals surface area contributed by atoms with Crippen LogP contribution in [0.4, 0.5) is 0 Å². The van der Waals surface area contributed by atoms with Crippen LogP contribution in [0.25, 0.3) is 0 Å². The van der Waals surface area contributed by atoms with Crippen LogP contribution in [-0.4, -0.2) is 69.8 Å². The molecule has 1 saturated heterocycles. The summed E-state index contributed by atoms with van der Waals surface area (Å²) in [5.41, 5.74) is 0.724. The number of phenolic OH excluding ortho intramolecular Hbond substituents is 1. The first-order valence-electron chi connectivity index (χ1n) is 12.8. The Labute approximate surface area is 196 Å². The largest absolute Gasteiger partial charge is 0.504 e. The molecule has 33 heavy (non-hydrogen) atoms. The van der Waals surface area contributed by atoms with Gasteiger partial charge in [0.1, 0.15) is 6.10 Å². The highest BCUT2D eigenvalue weighted by molar-refractivity contribution is 5.87. The molecular weight excluding hydrogens is 416 g/mol. The van der Waals surface area contributed by atoms with E-state index < -0.39 is 11.0 Å². The van der Waals surface area contributed by atoms with Gasteiger partial charge in [-0.05, 0) is 75.1 Å². The minimum atomic E-state index is -0.907. The lowest BCUT2D eigenvalue weighted by atomic mass is 9.48. The maximum atomic E-state index is 13.0. The number of rotatable bonds is 6. The van der Waals surface area contributed by atoms with Crippen LogP contribution in [-0.2, 0) is 16.6 Å². The lowest BCUT2D eigenvalue weighted by Gasteiger charge is -2.64. The highest BCUT2D eigenvalue weighted by Gasteiger charge is 2.73. The van der Waals surface area contributed by atoms with E-state index in [1.807, 2.05) is 24.1 Å². The Balaban J connectivity index is 1.42. The third-order valence-corrected chi connectivity index (χ3v) is 9.29. The van der Waals surface area contributed by atoms with E-state index in [1.165, 1.54) is 18.4 Å². The van der Waals surface area contributed by atoms with Crippen LogP contribution < -0.4 is 4.74 Å². The molecule has 3 aliphatic carbocycles. The van der Waals surface area contributed by atoms with E-state index >= 15 is 0 Å². The molecule has 1 amide bonds. The maximum Gasteiger partial charge on any atom is 0.246 e. The number of carbonyl (C=O) groups excluding carboxylic acids is 1. The Morgan fingerprint density at radius 1 is 1.30 bits per heavy atom. The van der Waals surface area contributed by atoms with Gasteiger partial charge in [-0.15, -0.1) is 0 Å². The average molecular weight is 453 g/mol. The summed E-state index contributed by atoms with van der Waals surface area (Å²) in [6, 6.07) is 3.69. The monoisotopic (exact) mass is 452 g/mol. The van der Waals surface area contributed by atoms with Crippen molar-refractivity contribution in [2.24, 2.45) is 5.92 Å². The van der Waals surface area contributed by atoms with Crippen LogP contribution in [0.2, 0.25) is 0 Å². The molecule has 2 saturated carbocycles. The van der Waals surface area contributed by atoms with Gasteiger partial charge in [0, 0.05) is 25.2 Å². The van der Waals surface area contributed by atoms with Crippen molar-refractivity contribution in [1.82, 2.24) is 9.80 Å². The van der Waals surface area contributed by atoms with Crippen molar-refractivity contribution in [3.8, 4) is 11.5 Å². The number of hydrogen-bond acceptors (Lipinski definition) is 5. The van der Waals surface area contributed by atoms with Gasteiger partial charge in [-0.25, -0.2) is 0 Å². The number of benzene rings is 1. The van der Waals surface area contributed by atoms with E-state index in [4.69, 9.17) is 4.74 Å². The molecule has 0 aromatic heterocycles. The number of ether oxygens (including phenoxy) is 1. The summed E-state index contributed by atoms with van der Waals surface area (Å²) in [7, 11) is 1.86. The van der Waals surface area contributed by atoms with Gasteiger partial charge in [0.2, 0.25) is 5.91 Å². The zero-order valence-electron chi connectivity index (χ0n) is 19.8. The molecule has 3 fully saturated rings. The number of hydrogen-bond donors (Lipinski definition) is 2. The molecule has 0 radical (unpaired) electrons. The number of aliphatic hydroxyl groups is 1. The fourth-order valence-corrected chi connectivity index (χ4v) is 7.48. The third kappa shape index (κ3) is 2.89. The number of allylic oxidation sites excluding steroid dienone is 1. The van der Waals surface area contributed by atoms with E-state index in [9.17, 15) is 15.0 Å². The Hall–Kier alpha value is -2.05. The van der Waals surface area contributed by atoms with Crippen molar-refractivity contribution < 1.29 is 19.7 Å². The standard InChI is InChI=1S/C27H36N2O4/c1-3-4-5-6-22(31)28(2)19-11-12-27(32)21-15-18-9-10-20(30)24-23(18)26(27,25(19)33-24)13-14-29(21)16-17-7-8-17/h5-6,9-10,17,19,21,25,30,32H,3-4,7-8,11-16H2,1-2H3/b6-5+/t19-,21-,25?,26+,27-/m1/s1. The molecule has 6 nitrogen and oxygen atoms in total. The maximum absolute atomic E-state index is 13.0. The molecule has 6 rings (SSSR count). The number of unbranched alkanes of at least 4 members (excludes halogenated alkanes) is 1. The first-order chi connectivity index (χ1) is 15.9. The first kappa shape index (κ1) is 21.5. The Morgan fingerprint density at radius 2 is 2.12 bits per heavy atom. The van der Waals surface area contributed by atoms with Crippen LogP contribution in [0.3, 0.4) is 0 Å². The van der Waals surface area contributed by atoms with Gasteiger partial charge in [0.15, 0.2) is 11.5 Å². The molecule has 1 unspecified atom stereocenters. The highest BCUT2D eigenvalue weighted by Crippen LogP contribution is 2.66. The molecule has 6 heteroatoms. The zero-order valence-corrected chi connectivity index (χ0v) is 19.8. The van der Waals surface area contributed by atoms with Gasteiger partial charge in [0.25, 0.3) is 0 Å². The molecule has 2 N–H and O–H groups in total. The molecule has 2 aliphatic heterocycles. The minimum absolute atomic E-state index is 0.0159. The Morgan fingerprint density at radius 3 is 2.88 bits per heavy atom. The summed E-state index contributed by atoms with van der Waals surface area (Å²) in [6.45, 7) is 4.10. The second-order valence-corrected chi connectivity index (χ2v) is 11.0. The van der Waals surface area contributed by atoms with Gasteiger partial charge in [0.05, 0.1) is 17.1 Å². The average Bonchev–Trinajstić information content (AvgIpc) is 3.54. The summed E-state index contributed by atoms with van der Waals surface area (Å²) in [5.74, 6) is 1.44. The van der Waals surface area contributed by atoms with Crippen LogP contribution in [0, 0.1) is 5.92 Å². The second-order valence-electron chi connectivity index (χ2n) is 11.0. The second kappa shape index (κ2) is 7.47. The van der Waals surface area contributed by atoms with Gasteiger partial charge in [-0.1, -0.05) is 25.5 Å². The quantitative estimate of drug-likeness (QED) is 0.649. The number of likely N-dealkylation sites (tertiary alicyclic amines) is 1. The zero-order chi connectivity index (χ0) is 23.0. The Kier molecular flexibility index (Phi) is 4.87. The molecule has 2 bridgehead atoms. The summed E-state index contributed by atoms with van der Waals surface area (Å²) < 4.78 is 6.57. The molecule has 178 valence electrons. The molecular formula is C27H36N2O4. The molecule has 1 spiro atoms. The summed E-state index contributed by atoms with van der Waals surface area (Å²) in [6.07, 6.45) is 10.7. The van der Waals surface area contributed by atoms with Gasteiger partial charge in [-0.3, -0.25) is 9.69 Å². The van der Waals surface area contributed by atoms with E-state index in [2.05, 4.69) is 11.8 Å². The van der Waals surface area contributed by atoms with Crippen LogP contribution in [0.1, 0.15) is 63.0 Å². The number of aromatic hydroxyl groups is 1. The lowest BCUT2D eigenvalue weighted by molar-refractivity contribution is -0.200. The van der Waals surface area contributed by atoms with E-state index in [-0.39, 0.29) is 29.8 Å². The predicted molar refractivity (Wildman–Crippen MR) is 125 cm³/mol. The van der Waals surface area contributed by atoms with Gasteiger partial charge < -0.3 is 19.8 Å². The third-order valence-electron chi connectivity index (χ3n) is 9.29. The summed E-state index contributed by atoms with van der Waals surface area (Å²) in [4.78, 5) is 17.4. The SMILES string of the molecule is CCC/C=C/C(=O)N(C)[C@@H]1CC[C@@]2(O)[C@H]3Cc4ccc(O)c5c4[C@@]2(CCN3CC2CC2)C1O5. The first-order valence-corrected chi connectivity index (χ1v) is 12.8. The number of amides is 1. The smallest absolute Gasteiger partial charge is 0.246 e. The number of phenols is 1. The van der Waals surface area contributed by atoms with Crippen molar-refractivity contribution in [3.63, 3.8) is 0 Å². The van der Waals surface area contributed by atoms with Gasteiger partial charge >= 0.3 is 0 Å². The molecule has 5 aliphatic rings. The van der Waals surface area contributed by atoms with Crippen LogP contribution in [0.5, 0.6) is 11.5 Å². The molecule has 1 aromatic carbocycles. The van der Waals surface area contributed by atoms with Gasteiger partial charge in [-0.2, -0.15) is 0 Å². The fourth-order valence-electron chi connectivity index (χ4n) is 7.48. The lowest BCUT2D eigenvalue weighted by Crippen LogP contribution is -2.78. The predicted octanol–water partition coefficient (Wildman–Crippen LogP) is 3.14. The molecule has 1 aromatic rings. The van der Waals surface area contributed by atoms with E-state index in [0.717, 1.165) is 50.3 Å². The summed E-state index contributed by atoms with van der Waals surface area (Å²) in [5, 5.41) is 23.2. The highest BCUT2D eigenvalue weighted by atomic mass is 16.5. The van der Waals surface area contributed by atoms with Crippen molar-refractivity contribution in [3.05, 3.63) is 35.4 Å². The number of carbonyl (C=O) groups is 1. The van der Waals surface area contributed by atoms with E-state index in [0.29, 0.717) is 18.6 Å². The van der Waals surface area contributed by atoms with E-state index in [1.54, 1.807) is 12.1 Å². The van der Waals surface area contributed by atoms with Crippen LogP contribution in [0.15, 0.2) is 24.3 Å². The molecule has 5 atom stereocenters. The Bertz CT molecular complexity index is 1000. The van der Waals surface area contributed by atoms with Crippen LogP contribution >= 0.6 is 0 Å². The van der Waals surface area contributed by atoms with Crippen molar-refractivity contribution in [2.75, 3.05) is 20.1 Å². The summed E-state index contributed by atoms with van der Waals surface area (Å²) >= 11 is 0. The minimum Gasteiger partial charge on any atom is -0.504 e. The fraction of sp³-hybridized carbons (Fsp3) is 0.667. The van der Waals surface area contributed by atoms with Crippen molar-refractivity contribution >= 4 is 5.91 Å². The molecule has 2 heterocycles. The number of piperidine rings is 1. The topological polar surface area (TPSA) is 73.2 Å². The van der Waals surface area contributed by atoms with Crippen molar-refractivity contribution in [2.45, 2.75) is 87.5 Å². The van der Waals surface area contributed by atoms with Crippen molar-refractivity contribution in [1.29, 1.82) is 0 Å². The normalized spacial score (nSPS) is 36.5. The number of likely N-dealkylation sites (N-methyl/N-ethyl adjacent to an activating group) is 1.